The fourth-order valence-corrected chi connectivity index (χ4v) is 2.83. The number of rotatable bonds is 5. The average molecular weight is 225 g/mol. The topological polar surface area (TPSA) is 0 Å². The molecule has 0 saturated heterocycles. The lowest BCUT2D eigenvalue weighted by Crippen LogP contribution is -2.22. The van der Waals surface area contributed by atoms with Crippen molar-refractivity contribution in [2.75, 3.05) is 5.88 Å². The summed E-state index contributed by atoms with van der Waals surface area (Å²) in [6, 6.07) is 10.8. The van der Waals surface area contributed by atoms with E-state index in [1.807, 2.05) is 0 Å². The molecule has 0 aliphatic rings. The van der Waals surface area contributed by atoms with Crippen molar-refractivity contribution in [2.24, 2.45) is 5.41 Å². The SMILES string of the molecule is CCC(c1ccccc1)C(C)(C)CCCl. The van der Waals surface area contributed by atoms with Gasteiger partial charge in [0.2, 0.25) is 0 Å². The number of alkyl halides is 1. The van der Waals surface area contributed by atoms with Crippen LogP contribution < -0.4 is 0 Å². The van der Waals surface area contributed by atoms with Crippen molar-refractivity contribution in [1.29, 1.82) is 0 Å². The molecule has 0 N–H and O–H groups in total. The summed E-state index contributed by atoms with van der Waals surface area (Å²) in [6.07, 6.45) is 2.25. The van der Waals surface area contributed by atoms with Crippen LogP contribution in [0.2, 0.25) is 0 Å². The first kappa shape index (κ1) is 12.6. The third-order valence-corrected chi connectivity index (χ3v) is 3.48. The maximum absolute atomic E-state index is 5.87. The summed E-state index contributed by atoms with van der Waals surface area (Å²) in [5.41, 5.74) is 1.73. The third kappa shape index (κ3) is 3.24. The lowest BCUT2D eigenvalue weighted by atomic mass is 9.72. The predicted octanol–water partition coefficient (Wildman–Crippen LogP) is 4.84. The molecule has 1 atom stereocenters. The zero-order valence-corrected chi connectivity index (χ0v) is 10.7. The van der Waals surface area contributed by atoms with Gasteiger partial charge in [-0.15, -0.1) is 11.6 Å². The molecule has 0 saturated carbocycles. The Morgan fingerprint density at radius 1 is 1.20 bits per heavy atom. The average Bonchev–Trinajstić information content (AvgIpc) is 2.19. The minimum absolute atomic E-state index is 0.290. The first-order valence-corrected chi connectivity index (χ1v) is 6.26. The van der Waals surface area contributed by atoms with Crippen LogP contribution in [0.3, 0.4) is 0 Å². The van der Waals surface area contributed by atoms with Crippen LogP contribution in [0.15, 0.2) is 30.3 Å². The third-order valence-electron chi connectivity index (χ3n) is 3.29. The van der Waals surface area contributed by atoms with E-state index in [4.69, 9.17) is 11.6 Å². The second-order valence-electron chi connectivity index (χ2n) is 4.80. The van der Waals surface area contributed by atoms with Gasteiger partial charge in [0.1, 0.15) is 0 Å². The number of halogens is 1. The smallest absolute Gasteiger partial charge is 0.0228 e. The van der Waals surface area contributed by atoms with E-state index in [-0.39, 0.29) is 5.41 Å². The Morgan fingerprint density at radius 3 is 2.27 bits per heavy atom. The molecule has 1 rings (SSSR count). The number of benzene rings is 1. The van der Waals surface area contributed by atoms with Gasteiger partial charge >= 0.3 is 0 Å². The Hall–Kier alpha value is -0.490. The molecular weight excluding hydrogens is 204 g/mol. The van der Waals surface area contributed by atoms with Gasteiger partial charge in [-0.05, 0) is 29.7 Å². The molecule has 1 heteroatoms. The quantitative estimate of drug-likeness (QED) is 0.629. The van der Waals surface area contributed by atoms with E-state index in [2.05, 4.69) is 51.1 Å². The Morgan fingerprint density at radius 2 is 1.80 bits per heavy atom. The van der Waals surface area contributed by atoms with Gasteiger partial charge in [-0.2, -0.15) is 0 Å². The van der Waals surface area contributed by atoms with Gasteiger partial charge in [-0.1, -0.05) is 51.1 Å². The Labute approximate surface area is 98.7 Å². The normalized spacial score (nSPS) is 13.9. The summed E-state index contributed by atoms with van der Waals surface area (Å²) in [5.74, 6) is 1.36. The van der Waals surface area contributed by atoms with Crippen molar-refractivity contribution in [1.82, 2.24) is 0 Å². The highest BCUT2D eigenvalue weighted by molar-refractivity contribution is 6.17. The molecule has 84 valence electrons. The summed E-state index contributed by atoms with van der Waals surface area (Å²) in [7, 11) is 0. The van der Waals surface area contributed by atoms with Crippen LogP contribution in [-0.4, -0.2) is 5.88 Å². The Kier molecular flexibility index (Phi) is 4.66. The molecule has 15 heavy (non-hydrogen) atoms. The molecule has 1 aromatic carbocycles. The Bertz CT molecular complexity index is 277. The van der Waals surface area contributed by atoms with E-state index >= 15 is 0 Å². The van der Waals surface area contributed by atoms with Crippen LogP contribution in [0.1, 0.15) is 45.1 Å². The standard InChI is InChI=1S/C14H21Cl/c1-4-13(14(2,3)10-11-15)12-8-6-5-7-9-12/h5-9,13H,4,10-11H2,1-3H3. The number of hydrogen-bond acceptors (Lipinski definition) is 0. The fraction of sp³-hybridized carbons (Fsp3) is 0.571. The molecule has 1 aromatic rings. The minimum Gasteiger partial charge on any atom is -0.127 e. The first-order chi connectivity index (χ1) is 7.11. The lowest BCUT2D eigenvalue weighted by Gasteiger charge is -2.33. The van der Waals surface area contributed by atoms with E-state index in [0.29, 0.717) is 5.92 Å². The van der Waals surface area contributed by atoms with E-state index in [1.165, 1.54) is 12.0 Å². The van der Waals surface area contributed by atoms with Gasteiger partial charge < -0.3 is 0 Å². The summed E-state index contributed by atoms with van der Waals surface area (Å²) >= 11 is 5.87. The highest BCUT2D eigenvalue weighted by atomic mass is 35.5. The van der Waals surface area contributed by atoms with Crippen molar-refractivity contribution >= 4 is 11.6 Å². The minimum atomic E-state index is 0.290. The molecule has 0 fully saturated rings. The zero-order chi connectivity index (χ0) is 11.3. The molecule has 0 aliphatic heterocycles. The summed E-state index contributed by atoms with van der Waals surface area (Å²) in [6.45, 7) is 6.89. The van der Waals surface area contributed by atoms with Gasteiger partial charge in [-0.3, -0.25) is 0 Å². The van der Waals surface area contributed by atoms with E-state index in [1.54, 1.807) is 0 Å². The number of hydrogen-bond donors (Lipinski definition) is 0. The molecule has 0 aromatic heterocycles. The van der Waals surface area contributed by atoms with Crippen LogP contribution in [0.25, 0.3) is 0 Å². The van der Waals surface area contributed by atoms with Crippen molar-refractivity contribution in [3.05, 3.63) is 35.9 Å². The van der Waals surface area contributed by atoms with Crippen LogP contribution in [0.4, 0.5) is 0 Å². The van der Waals surface area contributed by atoms with Gasteiger partial charge in [0.15, 0.2) is 0 Å². The molecule has 1 unspecified atom stereocenters. The monoisotopic (exact) mass is 224 g/mol. The maximum Gasteiger partial charge on any atom is 0.0228 e. The highest BCUT2D eigenvalue weighted by Gasteiger charge is 2.28. The molecule has 0 amide bonds. The van der Waals surface area contributed by atoms with E-state index < -0.39 is 0 Å². The van der Waals surface area contributed by atoms with Crippen molar-refractivity contribution in [2.45, 2.75) is 39.5 Å². The summed E-state index contributed by atoms with van der Waals surface area (Å²) < 4.78 is 0. The molecular formula is C14H21Cl. The second-order valence-corrected chi connectivity index (χ2v) is 5.18. The highest BCUT2D eigenvalue weighted by Crippen LogP contribution is 2.40. The van der Waals surface area contributed by atoms with E-state index in [0.717, 1.165) is 12.3 Å². The van der Waals surface area contributed by atoms with Crippen molar-refractivity contribution < 1.29 is 0 Å². The molecule has 0 bridgehead atoms. The van der Waals surface area contributed by atoms with Crippen LogP contribution in [0, 0.1) is 5.41 Å². The lowest BCUT2D eigenvalue weighted by molar-refractivity contribution is 0.268. The predicted molar refractivity (Wildman–Crippen MR) is 68.6 cm³/mol. The van der Waals surface area contributed by atoms with Gasteiger partial charge in [0.05, 0.1) is 0 Å². The van der Waals surface area contributed by atoms with Crippen molar-refractivity contribution in [3.63, 3.8) is 0 Å². The second kappa shape index (κ2) is 5.55. The van der Waals surface area contributed by atoms with Crippen molar-refractivity contribution in [3.8, 4) is 0 Å². The van der Waals surface area contributed by atoms with E-state index in [9.17, 15) is 0 Å². The summed E-state index contributed by atoms with van der Waals surface area (Å²) in [4.78, 5) is 0. The Balaban J connectivity index is 2.89. The fourth-order valence-electron chi connectivity index (χ4n) is 2.34. The van der Waals surface area contributed by atoms with Gasteiger partial charge in [-0.25, -0.2) is 0 Å². The van der Waals surface area contributed by atoms with Crippen LogP contribution >= 0.6 is 11.6 Å². The molecule has 0 nitrogen and oxygen atoms in total. The van der Waals surface area contributed by atoms with Gasteiger partial charge in [0, 0.05) is 5.88 Å². The zero-order valence-electron chi connectivity index (χ0n) is 9.96. The molecule has 0 heterocycles. The molecule has 0 radical (unpaired) electrons. The largest absolute Gasteiger partial charge is 0.127 e. The first-order valence-electron chi connectivity index (χ1n) is 5.72. The molecule has 0 aliphatic carbocycles. The van der Waals surface area contributed by atoms with Crippen LogP contribution in [-0.2, 0) is 0 Å². The molecule has 0 spiro atoms. The van der Waals surface area contributed by atoms with Crippen LogP contribution in [0.5, 0.6) is 0 Å². The van der Waals surface area contributed by atoms with Gasteiger partial charge in [0.25, 0.3) is 0 Å². The summed E-state index contributed by atoms with van der Waals surface area (Å²) in [5, 5.41) is 0. The maximum atomic E-state index is 5.87.